The van der Waals surface area contributed by atoms with Crippen molar-refractivity contribution in [2.45, 2.75) is 12.6 Å². The molecule has 5 nitrogen and oxygen atoms in total. The number of anilines is 1. The third-order valence-corrected chi connectivity index (χ3v) is 3.84. The van der Waals surface area contributed by atoms with E-state index < -0.39 is 17.7 Å². The molecule has 1 heterocycles. The molecule has 0 aliphatic rings. The van der Waals surface area contributed by atoms with Crippen molar-refractivity contribution in [2.75, 3.05) is 12.8 Å². The van der Waals surface area contributed by atoms with Gasteiger partial charge in [-0.3, -0.25) is 4.79 Å². The van der Waals surface area contributed by atoms with Gasteiger partial charge in [-0.2, -0.15) is 13.2 Å². The number of aromatic amines is 1. The zero-order valence-electron chi connectivity index (χ0n) is 13.7. The van der Waals surface area contributed by atoms with E-state index >= 15 is 0 Å². The second-order valence-corrected chi connectivity index (χ2v) is 5.63. The summed E-state index contributed by atoms with van der Waals surface area (Å²) in [6.07, 6.45) is -2.91. The second kappa shape index (κ2) is 6.62. The maximum atomic E-state index is 13.2. The first kappa shape index (κ1) is 17.7. The number of benzene rings is 2. The summed E-state index contributed by atoms with van der Waals surface area (Å²) in [5.74, 6) is -0.565. The predicted molar refractivity (Wildman–Crippen MR) is 89.9 cm³/mol. The van der Waals surface area contributed by atoms with Crippen LogP contribution in [0.15, 0.2) is 42.6 Å². The topological polar surface area (TPSA) is 77.3 Å². The molecule has 0 fully saturated rings. The van der Waals surface area contributed by atoms with Gasteiger partial charge in [-0.15, -0.1) is 0 Å². The number of hydrogen-bond donors (Lipinski definition) is 2. The lowest BCUT2D eigenvalue weighted by Crippen LogP contribution is -2.08. The summed E-state index contributed by atoms with van der Waals surface area (Å²) in [6, 6.07) is 8.11. The molecule has 0 unspecified atom stereocenters. The van der Waals surface area contributed by atoms with Crippen LogP contribution in [0.5, 0.6) is 11.5 Å². The van der Waals surface area contributed by atoms with Crippen LogP contribution in [0.3, 0.4) is 0 Å². The molecule has 1 aromatic heterocycles. The molecular formula is C18H15F3N2O3. The van der Waals surface area contributed by atoms with Crippen molar-refractivity contribution in [1.29, 1.82) is 0 Å². The van der Waals surface area contributed by atoms with Gasteiger partial charge >= 0.3 is 12.1 Å². The number of nitrogens with one attached hydrogen (secondary N) is 1. The van der Waals surface area contributed by atoms with Gasteiger partial charge < -0.3 is 20.2 Å². The monoisotopic (exact) mass is 364 g/mol. The zero-order valence-corrected chi connectivity index (χ0v) is 13.7. The SMILES string of the molecule is COC(=O)Cc1c[nH]c2ccc(Oc3ccc(N)cc3C(F)(F)F)cc12. The Kier molecular flexibility index (Phi) is 4.50. The molecule has 0 aliphatic heterocycles. The Labute approximate surface area is 146 Å². The molecule has 0 saturated carbocycles. The minimum absolute atomic E-state index is 0.00822. The molecule has 0 saturated heterocycles. The van der Waals surface area contributed by atoms with Gasteiger partial charge in [0.1, 0.15) is 17.1 Å². The number of carbonyl (C=O) groups is 1. The van der Waals surface area contributed by atoms with Gasteiger partial charge in [-0.25, -0.2) is 0 Å². The maximum Gasteiger partial charge on any atom is 0.420 e. The molecule has 0 bridgehead atoms. The Morgan fingerprint density at radius 2 is 1.96 bits per heavy atom. The number of ether oxygens (including phenoxy) is 2. The number of H-pyrrole nitrogens is 1. The van der Waals surface area contributed by atoms with E-state index in [0.29, 0.717) is 10.9 Å². The van der Waals surface area contributed by atoms with Crippen LogP contribution in [0.2, 0.25) is 0 Å². The molecule has 0 amide bonds. The third kappa shape index (κ3) is 3.58. The smallest absolute Gasteiger partial charge is 0.420 e. The Balaban J connectivity index is 1.97. The van der Waals surface area contributed by atoms with Gasteiger partial charge in [0, 0.05) is 22.8 Å². The first-order valence-corrected chi connectivity index (χ1v) is 7.59. The number of methoxy groups -OCH3 is 1. The van der Waals surface area contributed by atoms with Gasteiger partial charge in [0.25, 0.3) is 0 Å². The number of fused-ring (bicyclic) bond motifs is 1. The predicted octanol–water partition coefficient (Wildman–Crippen LogP) is 4.28. The molecule has 0 radical (unpaired) electrons. The molecule has 3 rings (SSSR count). The minimum atomic E-state index is -4.60. The van der Waals surface area contributed by atoms with Crippen LogP contribution >= 0.6 is 0 Å². The van der Waals surface area contributed by atoms with E-state index in [1.807, 2.05) is 0 Å². The normalized spacial score (nSPS) is 11.5. The lowest BCUT2D eigenvalue weighted by Gasteiger charge is -2.14. The van der Waals surface area contributed by atoms with Crippen LogP contribution in [-0.4, -0.2) is 18.1 Å². The Morgan fingerprint density at radius 3 is 2.65 bits per heavy atom. The van der Waals surface area contributed by atoms with E-state index in [1.54, 1.807) is 18.3 Å². The fraction of sp³-hybridized carbons (Fsp3) is 0.167. The average molecular weight is 364 g/mol. The van der Waals surface area contributed by atoms with Crippen LogP contribution in [0, 0.1) is 0 Å². The molecule has 2 aromatic carbocycles. The van der Waals surface area contributed by atoms with Crippen molar-refractivity contribution in [2.24, 2.45) is 0 Å². The van der Waals surface area contributed by atoms with Crippen molar-refractivity contribution < 1.29 is 27.4 Å². The van der Waals surface area contributed by atoms with Crippen molar-refractivity contribution in [3.8, 4) is 11.5 Å². The van der Waals surface area contributed by atoms with Gasteiger partial charge in [0.05, 0.1) is 13.5 Å². The molecule has 3 aromatic rings. The molecular weight excluding hydrogens is 349 g/mol. The molecule has 8 heteroatoms. The number of halogens is 3. The molecule has 0 atom stereocenters. The Bertz CT molecular complexity index is 964. The molecule has 136 valence electrons. The maximum absolute atomic E-state index is 13.2. The number of nitrogens with two attached hydrogens (primary N) is 1. The quantitative estimate of drug-likeness (QED) is 0.535. The summed E-state index contributed by atoms with van der Waals surface area (Å²) in [7, 11) is 1.28. The molecule has 0 aliphatic carbocycles. The number of aromatic nitrogens is 1. The zero-order chi connectivity index (χ0) is 18.9. The van der Waals surface area contributed by atoms with E-state index in [1.165, 1.54) is 25.3 Å². The van der Waals surface area contributed by atoms with E-state index in [2.05, 4.69) is 9.72 Å². The van der Waals surface area contributed by atoms with Crippen LogP contribution in [0.4, 0.5) is 18.9 Å². The van der Waals surface area contributed by atoms with Gasteiger partial charge in [-0.05, 0) is 42.0 Å². The van der Waals surface area contributed by atoms with E-state index in [-0.39, 0.29) is 23.6 Å². The highest BCUT2D eigenvalue weighted by Gasteiger charge is 2.34. The van der Waals surface area contributed by atoms with Crippen LogP contribution in [-0.2, 0) is 22.1 Å². The average Bonchev–Trinajstić information content (AvgIpc) is 2.97. The first-order chi connectivity index (χ1) is 12.3. The molecule has 0 spiro atoms. The summed E-state index contributed by atoms with van der Waals surface area (Å²) in [4.78, 5) is 14.5. The second-order valence-electron chi connectivity index (χ2n) is 5.63. The first-order valence-electron chi connectivity index (χ1n) is 7.59. The highest BCUT2D eigenvalue weighted by atomic mass is 19.4. The number of rotatable bonds is 4. The highest BCUT2D eigenvalue weighted by Crippen LogP contribution is 2.39. The largest absolute Gasteiger partial charge is 0.469 e. The lowest BCUT2D eigenvalue weighted by atomic mass is 10.1. The molecule has 3 N–H and O–H groups in total. The van der Waals surface area contributed by atoms with Gasteiger partial charge in [-0.1, -0.05) is 0 Å². The van der Waals surface area contributed by atoms with Crippen LogP contribution in [0.1, 0.15) is 11.1 Å². The number of hydrogen-bond acceptors (Lipinski definition) is 4. The fourth-order valence-corrected chi connectivity index (χ4v) is 2.58. The van der Waals surface area contributed by atoms with E-state index in [9.17, 15) is 18.0 Å². The number of esters is 1. The lowest BCUT2D eigenvalue weighted by molar-refractivity contribution is -0.140. The summed E-state index contributed by atoms with van der Waals surface area (Å²) < 4.78 is 49.7. The highest BCUT2D eigenvalue weighted by molar-refractivity contribution is 5.88. The van der Waals surface area contributed by atoms with Crippen LogP contribution < -0.4 is 10.5 Å². The van der Waals surface area contributed by atoms with E-state index in [4.69, 9.17) is 10.5 Å². The standard InChI is InChI=1S/C18H15F3N2O3/c1-25-17(24)6-10-9-23-15-4-3-12(8-13(10)15)26-16-5-2-11(22)7-14(16)18(19,20)21/h2-5,7-9,23H,6,22H2,1H3. The summed E-state index contributed by atoms with van der Waals surface area (Å²) >= 11 is 0. The van der Waals surface area contributed by atoms with Crippen molar-refractivity contribution in [3.63, 3.8) is 0 Å². The number of carbonyl (C=O) groups excluding carboxylic acids is 1. The minimum Gasteiger partial charge on any atom is -0.469 e. The van der Waals surface area contributed by atoms with Gasteiger partial charge in [0.15, 0.2) is 0 Å². The third-order valence-electron chi connectivity index (χ3n) is 3.84. The summed E-state index contributed by atoms with van der Waals surface area (Å²) in [5.41, 5.74) is 5.87. The van der Waals surface area contributed by atoms with Crippen molar-refractivity contribution >= 4 is 22.6 Å². The van der Waals surface area contributed by atoms with Crippen molar-refractivity contribution in [3.05, 3.63) is 53.7 Å². The van der Waals surface area contributed by atoms with Crippen molar-refractivity contribution in [1.82, 2.24) is 4.98 Å². The number of nitrogen functional groups attached to an aromatic ring is 1. The number of alkyl halides is 3. The summed E-state index contributed by atoms with van der Waals surface area (Å²) in [5, 5.41) is 0.664. The Hall–Kier alpha value is -3.16. The Morgan fingerprint density at radius 1 is 1.19 bits per heavy atom. The molecule has 26 heavy (non-hydrogen) atoms. The fourth-order valence-electron chi connectivity index (χ4n) is 2.58. The van der Waals surface area contributed by atoms with E-state index in [0.717, 1.165) is 11.6 Å². The summed E-state index contributed by atoms with van der Waals surface area (Å²) in [6.45, 7) is 0. The van der Waals surface area contributed by atoms with Crippen LogP contribution in [0.25, 0.3) is 10.9 Å². The van der Waals surface area contributed by atoms with Gasteiger partial charge in [0.2, 0.25) is 0 Å².